The highest BCUT2D eigenvalue weighted by Crippen LogP contribution is 2.49. The summed E-state index contributed by atoms with van der Waals surface area (Å²) in [4.78, 5) is 40.1. The number of aryl methyl sites for hydroxylation is 1. The van der Waals surface area contributed by atoms with Crippen LogP contribution in [0.5, 0.6) is 0 Å². The summed E-state index contributed by atoms with van der Waals surface area (Å²) >= 11 is 0. The van der Waals surface area contributed by atoms with Gasteiger partial charge in [0.1, 0.15) is 25.2 Å². The van der Waals surface area contributed by atoms with Crippen molar-refractivity contribution in [1.82, 2.24) is 15.8 Å². The number of nitrogens with one attached hydrogen (secondary N) is 2. The number of ketones is 1. The van der Waals surface area contributed by atoms with E-state index in [1.54, 1.807) is 12.7 Å². The molecule has 4 aromatic carbocycles. The molecule has 0 aliphatic rings. The van der Waals surface area contributed by atoms with Crippen LogP contribution < -0.4 is 10.6 Å². The van der Waals surface area contributed by atoms with Crippen LogP contribution in [0.15, 0.2) is 126 Å². The van der Waals surface area contributed by atoms with Crippen LogP contribution in [0.1, 0.15) is 34.9 Å². The maximum atomic E-state index is 14.8. The Hall–Kier alpha value is -5.27. The number of carbonyl (C=O) groups is 3. The number of hydrogen-bond acceptors (Lipinski definition) is 7. The van der Waals surface area contributed by atoms with Crippen LogP contribution in [0, 0.1) is 12.8 Å². The Bertz CT molecular complexity index is 1930. The van der Waals surface area contributed by atoms with E-state index in [9.17, 15) is 18.9 Å². The molecule has 0 saturated carbocycles. The van der Waals surface area contributed by atoms with Crippen LogP contribution in [-0.4, -0.2) is 47.6 Å². The standard InChI is InChI=1S/C41H44N3O6P/c1-29-19-21-32(22-20-29)23-37(30(2)45)42-40(46)35(25-36-26-38(44-50-36)34-17-11-6-12-18-34)28-51(3,48)39(24-31-13-7-4-8-14-31)43-41(47)49-27-33-15-9-5-10-16-33/h4-22,26,35,37,39H,23-25,27-28H2,1-3H3,(H,42,46)(H,43,47)/t35?,37-,39+,51?/m1/s1. The highest BCUT2D eigenvalue weighted by molar-refractivity contribution is 7.63. The van der Waals surface area contributed by atoms with E-state index in [1.807, 2.05) is 122 Å². The summed E-state index contributed by atoms with van der Waals surface area (Å²) in [6, 6.07) is 37.0. The van der Waals surface area contributed by atoms with Gasteiger partial charge in [0.15, 0.2) is 5.78 Å². The molecule has 10 heteroatoms. The van der Waals surface area contributed by atoms with Crippen LogP contribution in [-0.2, 0) is 44.8 Å². The molecular weight excluding hydrogens is 661 g/mol. The summed E-state index contributed by atoms with van der Waals surface area (Å²) in [5, 5.41) is 10.0. The number of alkyl carbamates (subject to hydrolysis) is 1. The number of benzene rings is 4. The maximum absolute atomic E-state index is 14.8. The van der Waals surface area contributed by atoms with E-state index in [2.05, 4.69) is 15.8 Å². The van der Waals surface area contributed by atoms with Crippen LogP contribution in [0.25, 0.3) is 11.3 Å². The molecule has 51 heavy (non-hydrogen) atoms. The molecule has 0 spiro atoms. The van der Waals surface area contributed by atoms with Crippen molar-refractivity contribution in [1.29, 1.82) is 0 Å². The van der Waals surface area contributed by atoms with Gasteiger partial charge in [-0.15, -0.1) is 0 Å². The van der Waals surface area contributed by atoms with Crippen molar-refractivity contribution in [2.24, 2.45) is 5.92 Å². The van der Waals surface area contributed by atoms with E-state index in [1.165, 1.54) is 6.92 Å². The van der Waals surface area contributed by atoms with Crippen LogP contribution in [0.4, 0.5) is 4.79 Å². The molecule has 1 heterocycles. The number of Topliss-reactive ketones (excluding diaryl/α,β-unsaturated/α-hetero) is 1. The van der Waals surface area contributed by atoms with E-state index >= 15 is 0 Å². The van der Waals surface area contributed by atoms with Gasteiger partial charge in [-0.2, -0.15) is 0 Å². The lowest BCUT2D eigenvalue weighted by molar-refractivity contribution is -0.129. The summed E-state index contributed by atoms with van der Waals surface area (Å²) in [5.74, 6) is -1.92. The van der Waals surface area contributed by atoms with Crippen LogP contribution in [0.3, 0.4) is 0 Å². The third-order valence-corrected chi connectivity index (χ3v) is 11.6. The highest BCUT2D eigenvalue weighted by atomic mass is 31.2. The molecule has 1 aromatic heterocycles. The van der Waals surface area contributed by atoms with Crippen molar-refractivity contribution in [3.8, 4) is 11.3 Å². The van der Waals surface area contributed by atoms with Crippen molar-refractivity contribution in [3.05, 3.63) is 149 Å². The van der Waals surface area contributed by atoms with Crippen molar-refractivity contribution in [2.75, 3.05) is 12.8 Å². The van der Waals surface area contributed by atoms with Gasteiger partial charge in [0.05, 0.1) is 17.7 Å². The van der Waals surface area contributed by atoms with Gasteiger partial charge in [-0.25, -0.2) is 4.79 Å². The molecule has 2 N–H and O–H groups in total. The minimum absolute atomic E-state index is 0.0481. The average molecular weight is 706 g/mol. The number of ether oxygens (including phenoxy) is 1. The van der Waals surface area contributed by atoms with Crippen LogP contribution in [0.2, 0.25) is 0 Å². The SMILES string of the molecule is CC(=O)[C@@H](Cc1ccc(C)cc1)NC(=O)C(Cc1cc(-c2ccccc2)no1)CP(C)(=O)[C@@H](Cc1ccccc1)NC(=O)OCc1ccccc1. The first kappa shape index (κ1) is 37.0. The van der Waals surface area contributed by atoms with Gasteiger partial charge < -0.3 is 24.5 Å². The van der Waals surface area contributed by atoms with Gasteiger partial charge in [-0.1, -0.05) is 126 Å². The molecule has 2 unspecified atom stereocenters. The van der Waals surface area contributed by atoms with E-state index in [0.717, 1.165) is 27.8 Å². The summed E-state index contributed by atoms with van der Waals surface area (Å²) in [7, 11) is -3.37. The van der Waals surface area contributed by atoms with Crippen molar-refractivity contribution in [2.45, 2.75) is 51.5 Å². The van der Waals surface area contributed by atoms with Crippen LogP contribution >= 0.6 is 7.14 Å². The minimum atomic E-state index is -3.37. The molecule has 0 fully saturated rings. The minimum Gasteiger partial charge on any atom is -0.445 e. The number of nitrogens with zero attached hydrogens (tertiary/aromatic N) is 1. The van der Waals surface area contributed by atoms with Gasteiger partial charge in [0.25, 0.3) is 0 Å². The zero-order chi connectivity index (χ0) is 36.2. The molecule has 5 rings (SSSR count). The molecule has 0 aliphatic heterocycles. The lowest BCUT2D eigenvalue weighted by atomic mass is 9.99. The summed E-state index contributed by atoms with van der Waals surface area (Å²) in [5.41, 5.74) is 5.14. The van der Waals surface area contributed by atoms with Gasteiger partial charge in [-0.05, 0) is 50.0 Å². The first-order valence-electron chi connectivity index (χ1n) is 17.0. The van der Waals surface area contributed by atoms with Gasteiger partial charge >= 0.3 is 6.09 Å². The van der Waals surface area contributed by atoms with E-state index in [0.29, 0.717) is 17.9 Å². The smallest absolute Gasteiger partial charge is 0.408 e. The molecule has 264 valence electrons. The second-order valence-electron chi connectivity index (χ2n) is 13.1. The number of rotatable bonds is 16. The highest BCUT2D eigenvalue weighted by Gasteiger charge is 2.37. The predicted molar refractivity (Wildman–Crippen MR) is 199 cm³/mol. The molecule has 0 aliphatic carbocycles. The predicted octanol–water partition coefficient (Wildman–Crippen LogP) is 7.61. The van der Waals surface area contributed by atoms with Crippen molar-refractivity contribution in [3.63, 3.8) is 0 Å². The summed E-state index contributed by atoms with van der Waals surface area (Å²) in [6.07, 6.45) is -0.140. The zero-order valence-corrected chi connectivity index (χ0v) is 30.1. The Morgan fingerprint density at radius 1 is 0.765 bits per heavy atom. The quantitative estimate of drug-likeness (QED) is 0.101. The molecule has 0 bridgehead atoms. The number of hydrogen-bond donors (Lipinski definition) is 2. The fourth-order valence-corrected chi connectivity index (χ4v) is 8.27. The largest absolute Gasteiger partial charge is 0.445 e. The van der Waals surface area contributed by atoms with Crippen molar-refractivity contribution < 1.29 is 28.2 Å². The normalized spacial score (nSPS) is 14.0. The van der Waals surface area contributed by atoms with Gasteiger partial charge in [0.2, 0.25) is 5.91 Å². The topological polar surface area (TPSA) is 128 Å². The number of amides is 2. The molecule has 0 saturated heterocycles. The molecule has 9 nitrogen and oxygen atoms in total. The number of carbonyl (C=O) groups excluding carboxylic acids is 3. The molecule has 2 amide bonds. The van der Waals surface area contributed by atoms with E-state index < -0.39 is 36.9 Å². The lowest BCUT2D eigenvalue weighted by Crippen LogP contribution is -2.46. The fourth-order valence-electron chi connectivity index (χ4n) is 5.87. The lowest BCUT2D eigenvalue weighted by Gasteiger charge is -2.29. The van der Waals surface area contributed by atoms with Crippen molar-refractivity contribution >= 4 is 24.9 Å². The van der Waals surface area contributed by atoms with E-state index in [-0.39, 0.29) is 31.4 Å². The summed E-state index contributed by atoms with van der Waals surface area (Å²) < 4.78 is 26.0. The third-order valence-electron chi connectivity index (χ3n) is 8.83. The second kappa shape index (κ2) is 17.6. The zero-order valence-electron chi connectivity index (χ0n) is 29.2. The van der Waals surface area contributed by atoms with Gasteiger partial charge in [0, 0.05) is 24.2 Å². The Kier molecular flexibility index (Phi) is 12.8. The average Bonchev–Trinajstić information content (AvgIpc) is 3.60. The monoisotopic (exact) mass is 705 g/mol. The molecule has 4 atom stereocenters. The molecular formula is C41H44N3O6P. The summed E-state index contributed by atoms with van der Waals surface area (Å²) in [6.45, 7) is 5.08. The first-order valence-corrected chi connectivity index (χ1v) is 19.4. The Balaban J connectivity index is 1.40. The molecule has 5 aromatic rings. The van der Waals surface area contributed by atoms with Gasteiger partial charge in [-0.3, -0.25) is 9.59 Å². The molecule has 0 radical (unpaired) electrons. The maximum Gasteiger partial charge on any atom is 0.408 e. The fraction of sp³-hybridized carbons (Fsp3) is 0.268. The Morgan fingerprint density at radius 2 is 1.35 bits per heavy atom. The third kappa shape index (κ3) is 11.1. The second-order valence-corrected chi connectivity index (χ2v) is 16.4. The Labute approximate surface area is 299 Å². The number of aromatic nitrogens is 1. The first-order chi connectivity index (χ1) is 24.6. The van der Waals surface area contributed by atoms with E-state index in [4.69, 9.17) is 9.26 Å². The Morgan fingerprint density at radius 3 is 1.98 bits per heavy atom.